The predicted molar refractivity (Wildman–Crippen MR) is 67.5 cm³/mol. The largest absolute Gasteiger partial charge is 0.351 e. The minimum atomic E-state index is 0.855. The highest BCUT2D eigenvalue weighted by Gasteiger charge is 2.00. The smallest absolute Gasteiger partial charge is 0.107 e. The summed E-state index contributed by atoms with van der Waals surface area (Å²) in [6, 6.07) is 4.25. The van der Waals surface area contributed by atoms with E-state index in [1.54, 1.807) is 11.3 Å². The SMILES string of the molecule is CCn1cccc1CNCc1nc(C)cs1. The van der Waals surface area contributed by atoms with Crippen molar-refractivity contribution in [3.8, 4) is 0 Å². The van der Waals surface area contributed by atoms with Crippen LogP contribution in [-0.2, 0) is 19.6 Å². The first-order valence-corrected chi connectivity index (χ1v) is 6.43. The molecule has 0 saturated carbocycles. The van der Waals surface area contributed by atoms with Crippen molar-refractivity contribution in [2.24, 2.45) is 0 Å². The van der Waals surface area contributed by atoms with Crippen molar-refractivity contribution in [2.45, 2.75) is 33.5 Å². The van der Waals surface area contributed by atoms with Gasteiger partial charge < -0.3 is 9.88 Å². The van der Waals surface area contributed by atoms with Crippen LogP contribution in [0, 0.1) is 6.92 Å². The molecule has 0 aliphatic rings. The second kappa shape index (κ2) is 5.27. The van der Waals surface area contributed by atoms with Crippen molar-refractivity contribution in [3.05, 3.63) is 40.1 Å². The summed E-state index contributed by atoms with van der Waals surface area (Å²) >= 11 is 1.72. The number of hydrogen-bond acceptors (Lipinski definition) is 3. The van der Waals surface area contributed by atoms with Gasteiger partial charge in [-0.15, -0.1) is 11.3 Å². The van der Waals surface area contributed by atoms with Crippen LogP contribution in [-0.4, -0.2) is 9.55 Å². The standard InChI is InChI=1S/C12H17N3S/c1-3-15-6-4-5-11(15)7-13-8-12-14-10(2)9-16-12/h4-6,9,13H,3,7-8H2,1-2H3. The van der Waals surface area contributed by atoms with E-state index in [9.17, 15) is 0 Å². The van der Waals surface area contributed by atoms with Gasteiger partial charge in [0.25, 0.3) is 0 Å². The minimum Gasteiger partial charge on any atom is -0.351 e. The Kier molecular flexibility index (Phi) is 3.74. The summed E-state index contributed by atoms with van der Waals surface area (Å²) in [4.78, 5) is 4.42. The van der Waals surface area contributed by atoms with Crippen molar-refractivity contribution in [1.29, 1.82) is 0 Å². The van der Waals surface area contributed by atoms with E-state index in [1.807, 2.05) is 6.92 Å². The average Bonchev–Trinajstić information content (AvgIpc) is 2.87. The average molecular weight is 235 g/mol. The zero-order valence-corrected chi connectivity index (χ0v) is 10.5. The van der Waals surface area contributed by atoms with Crippen molar-refractivity contribution < 1.29 is 0 Å². The molecular formula is C12H17N3S. The van der Waals surface area contributed by atoms with E-state index in [0.717, 1.165) is 30.3 Å². The highest BCUT2D eigenvalue weighted by Crippen LogP contribution is 2.08. The van der Waals surface area contributed by atoms with Gasteiger partial charge in [0, 0.05) is 42.6 Å². The molecule has 2 rings (SSSR count). The van der Waals surface area contributed by atoms with Gasteiger partial charge in [-0.3, -0.25) is 0 Å². The quantitative estimate of drug-likeness (QED) is 0.863. The van der Waals surface area contributed by atoms with E-state index in [1.165, 1.54) is 5.69 Å². The maximum absolute atomic E-state index is 4.42. The van der Waals surface area contributed by atoms with Crippen LogP contribution in [0.4, 0.5) is 0 Å². The van der Waals surface area contributed by atoms with Crippen LogP contribution in [0.1, 0.15) is 23.3 Å². The first kappa shape index (κ1) is 11.4. The number of nitrogens with one attached hydrogen (secondary N) is 1. The van der Waals surface area contributed by atoms with Crippen LogP contribution < -0.4 is 5.32 Å². The van der Waals surface area contributed by atoms with Crippen LogP contribution in [0.5, 0.6) is 0 Å². The normalized spacial score (nSPS) is 10.9. The van der Waals surface area contributed by atoms with E-state index in [-0.39, 0.29) is 0 Å². The summed E-state index contributed by atoms with van der Waals surface area (Å²) in [6.45, 7) is 6.98. The molecule has 16 heavy (non-hydrogen) atoms. The molecule has 0 unspecified atom stereocenters. The van der Waals surface area contributed by atoms with E-state index >= 15 is 0 Å². The van der Waals surface area contributed by atoms with Gasteiger partial charge in [0.05, 0.1) is 0 Å². The first-order chi connectivity index (χ1) is 7.79. The molecule has 1 N–H and O–H groups in total. The molecule has 0 aliphatic heterocycles. The second-order valence-electron chi connectivity index (χ2n) is 3.77. The Morgan fingerprint density at radius 1 is 1.44 bits per heavy atom. The Hall–Kier alpha value is -1.13. The number of rotatable bonds is 5. The zero-order valence-electron chi connectivity index (χ0n) is 9.73. The molecule has 3 nitrogen and oxygen atoms in total. The second-order valence-corrected chi connectivity index (χ2v) is 4.71. The molecule has 0 spiro atoms. The number of thiazole rings is 1. The molecule has 0 aliphatic carbocycles. The van der Waals surface area contributed by atoms with Crippen LogP contribution >= 0.6 is 11.3 Å². The van der Waals surface area contributed by atoms with E-state index in [0.29, 0.717) is 0 Å². The maximum Gasteiger partial charge on any atom is 0.107 e. The lowest BCUT2D eigenvalue weighted by Crippen LogP contribution is -2.15. The van der Waals surface area contributed by atoms with Gasteiger partial charge in [-0.2, -0.15) is 0 Å². The fourth-order valence-electron chi connectivity index (χ4n) is 1.70. The Balaban J connectivity index is 1.84. The van der Waals surface area contributed by atoms with E-state index in [2.05, 4.69) is 45.5 Å². The van der Waals surface area contributed by atoms with Gasteiger partial charge in [0.15, 0.2) is 0 Å². The number of aryl methyl sites for hydroxylation is 2. The monoisotopic (exact) mass is 235 g/mol. The van der Waals surface area contributed by atoms with Crippen molar-refractivity contribution in [3.63, 3.8) is 0 Å². The molecule has 2 heterocycles. The number of aromatic nitrogens is 2. The molecule has 86 valence electrons. The summed E-state index contributed by atoms with van der Waals surface area (Å²) < 4.78 is 2.25. The Morgan fingerprint density at radius 2 is 2.31 bits per heavy atom. The predicted octanol–water partition coefficient (Wildman–Crippen LogP) is 2.56. The van der Waals surface area contributed by atoms with Gasteiger partial charge in [0.1, 0.15) is 5.01 Å². The molecular weight excluding hydrogens is 218 g/mol. The van der Waals surface area contributed by atoms with Gasteiger partial charge in [-0.05, 0) is 26.0 Å². The molecule has 0 amide bonds. The molecule has 0 radical (unpaired) electrons. The third-order valence-corrected chi connectivity index (χ3v) is 3.48. The number of hydrogen-bond donors (Lipinski definition) is 1. The summed E-state index contributed by atoms with van der Waals surface area (Å²) in [6.07, 6.45) is 2.12. The molecule has 0 saturated heterocycles. The highest BCUT2D eigenvalue weighted by atomic mass is 32.1. The third-order valence-electron chi connectivity index (χ3n) is 2.51. The van der Waals surface area contributed by atoms with E-state index < -0.39 is 0 Å². The van der Waals surface area contributed by atoms with E-state index in [4.69, 9.17) is 0 Å². The number of nitrogens with zero attached hydrogens (tertiary/aromatic N) is 2. The Labute approximate surface area is 100 Å². The van der Waals surface area contributed by atoms with Gasteiger partial charge in [-0.1, -0.05) is 0 Å². The summed E-state index contributed by atoms with van der Waals surface area (Å²) in [5, 5.41) is 6.67. The van der Waals surface area contributed by atoms with Crippen LogP contribution in [0.2, 0.25) is 0 Å². The molecule has 2 aromatic rings. The minimum absolute atomic E-state index is 0.855. The third kappa shape index (κ3) is 2.71. The Morgan fingerprint density at radius 3 is 3.00 bits per heavy atom. The Bertz CT molecular complexity index is 445. The van der Waals surface area contributed by atoms with Crippen molar-refractivity contribution in [1.82, 2.24) is 14.9 Å². The molecule has 0 aromatic carbocycles. The molecule has 0 bridgehead atoms. The lowest BCUT2D eigenvalue weighted by molar-refractivity contribution is 0.627. The van der Waals surface area contributed by atoms with Crippen molar-refractivity contribution >= 4 is 11.3 Å². The van der Waals surface area contributed by atoms with Crippen LogP contribution in [0.3, 0.4) is 0 Å². The molecule has 4 heteroatoms. The topological polar surface area (TPSA) is 29.9 Å². The van der Waals surface area contributed by atoms with Crippen molar-refractivity contribution in [2.75, 3.05) is 0 Å². The molecule has 0 atom stereocenters. The van der Waals surface area contributed by atoms with Crippen LogP contribution in [0.25, 0.3) is 0 Å². The van der Waals surface area contributed by atoms with Crippen LogP contribution in [0.15, 0.2) is 23.7 Å². The maximum atomic E-state index is 4.42. The summed E-state index contributed by atoms with van der Waals surface area (Å²) in [5.74, 6) is 0. The molecule has 0 fully saturated rings. The fraction of sp³-hybridized carbons (Fsp3) is 0.417. The van der Waals surface area contributed by atoms with Gasteiger partial charge >= 0.3 is 0 Å². The lowest BCUT2D eigenvalue weighted by Gasteiger charge is -2.06. The molecule has 2 aromatic heterocycles. The summed E-state index contributed by atoms with van der Waals surface area (Å²) in [5.41, 5.74) is 2.44. The van der Waals surface area contributed by atoms with Gasteiger partial charge in [0.2, 0.25) is 0 Å². The lowest BCUT2D eigenvalue weighted by atomic mass is 10.4. The zero-order chi connectivity index (χ0) is 11.4. The van der Waals surface area contributed by atoms with Gasteiger partial charge in [-0.25, -0.2) is 4.98 Å². The summed E-state index contributed by atoms with van der Waals surface area (Å²) in [7, 11) is 0. The first-order valence-electron chi connectivity index (χ1n) is 5.55. The fourth-order valence-corrected chi connectivity index (χ4v) is 2.44. The highest BCUT2D eigenvalue weighted by molar-refractivity contribution is 7.09.